The lowest BCUT2D eigenvalue weighted by molar-refractivity contribution is -0.155. The van der Waals surface area contributed by atoms with E-state index in [1.54, 1.807) is 23.1 Å². The highest BCUT2D eigenvalue weighted by Crippen LogP contribution is 2.23. The number of hydrogen-bond acceptors (Lipinski definition) is 7. The number of fused-ring (bicyclic) bond motifs is 1. The van der Waals surface area contributed by atoms with Crippen molar-refractivity contribution in [3.8, 4) is 5.75 Å². The van der Waals surface area contributed by atoms with Crippen LogP contribution in [0.25, 0.3) is 10.9 Å². The molecular formula is C24H26ClN5O4. The van der Waals surface area contributed by atoms with Gasteiger partial charge in [-0.15, -0.1) is 0 Å². The summed E-state index contributed by atoms with van der Waals surface area (Å²) in [7, 11) is 1.51. The second-order valence-electron chi connectivity index (χ2n) is 8.13. The predicted octanol–water partition coefficient (Wildman–Crippen LogP) is 2.44. The highest BCUT2D eigenvalue weighted by molar-refractivity contribution is 6.30. The van der Waals surface area contributed by atoms with Gasteiger partial charge in [-0.05, 0) is 48.4 Å². The summed E-state index contributed by atoms with van der Waals surface area (Å²) in [5.74, 6) is 0.538. The molecular weight excluding hydrogens is 458 g/mol. The van der Waals surface area contributed by atoms with E-state index >= 15 is 0 Å². The number of piperazine rings is 1. The Labute approximate surface area is 202 Å². The number of methoxy groups -OCH3 is 1. The zero-order valence-electron chi connectivity index (χ0n) is 19.0. The first kappa shape index (κ1) is 23.7. The van der Waals surface area contributed by atoms with Gasteiger partial charge in [0.15, 0.2) is 6.61 Å². The smallest absolute Gasteiger partial charge is 0.261 e. The van der Waals surface area contributed by atoms with Gasteiger partial charge in [0.05, 0.1) is 12.1 Å². The molecule has 2 heterocycles. The fourth-order valence-electron chi connectivity index (χ4n) is 4.05. The lowest BCUT2D eigenvalue weighted by atomic mass is 10.1. The van der Waals surface area contributed by atoms with E-state index in [0.29, 0.717) is 41.7 Å². The van der Waals surface area contributed by atoms with Gasteiger partial charge in [0.1, 0.15) is 23.9 Å². The first-order valence-electron chi connectivity index (χ1n) is 10.8. The standard InChI is InChI=1S/C24H26ClN5O4/c1-15-9-17(25)4-6-21(15)34-13-22(31)30-8-7-29(24(32)20(30)12-33-2)11-16-3-5-18-19(10-16)27-14-28-23(18)26/h3-6,9-10,14,20H,7-8,11-13H2,1-2H3,(H2,26,27,28). The number of nitrogen functional groups attached to an aromatic ring is 1. The van der Waals surface area contributed by atoms with E-state index in [1.807, 2.05) is 25.1 Å². The van der Waals surface area contributed by atoms with E-state index < -0.39 is 6.04 Å². The van der Waals surface area contributed by atoms with E-state index in [1.165, 1.54) is 18.3 Å². The topological polar surface area (TPSA) is 111 Å². The first-order chi connectivity index (χ1) is 16.4. The lowest BCUT2D eigenvalue weighted by Gasteiger charge is -2.40. The van der Waals surface area contributed by atoms with Crippen LogP contribution in [0.4, 0.5) is 5.82 Å². The van der Waals surface area contributed by atoms with Crippen LogP contribution in [0.15, 0.2) is 42.7 Å². The molecule has 0 bridgehead atoms. The Balaban J connectivity index is 1.44. The molecule has 1 aliphatic rings. The van der Waals surface area contributed by atoms with E-state index in [0.717, 1.165) is 16.5 Å². The molecule has 2 N–H and O–H groups in total. The zero-order valence-corrected chi connectivity index (χ0v) is 19.8. The van der Waals surface area contributed by atoms with Gasteiger partial charge in [0, 0.05) is 37.2 Å². The predicted molar refractivity (Wildman–Crippen MR) is 128 cm³/mol. The van der Waals surface area contributed by atoms with Gasteiger partial charge in [-0.25, -0.2) is 9.97 Å². The second-order valence-corrected chi connectivity index (χ2v) is 8.56. The largest absolute Gasteiger partial charge is 0.483 e. The molecule has 0 radical (unpaired) electrons. The Morgan fingerprint density at radius 1 is 1.21 bits per heavy atom. The van der Waals surface area contributed by atoms with Gasteiger partial charge in [0.25, 0.3) is 5.91 Å². The summed E-state index contributed by atoms with van der Waals surface area (Å²) in [6, 6.07) is 10.1. The third-order valence-electron chi connectivity index (χ3n) is 5.82. The Morgan fingerprint density at radius 2 is 2.03 bits per heavy atom. The van der Waals surface area contributed by atoms with Crippen LogP contribution in [-0.4, -0.2) is 71.0 Å². The van der Waals surface area contributed by atoms with E-state index in [-0.39, 0.29) is 25.0 Å². The minimum atomic E-state index is -0.723. The lowest BCUT2D eigenvalue weighted by Crippen LogP contribution is -2.60. The number of aromatic nitrogens is 2. The number of carbonyl (C=O) groups is 2. The normalized spacial score (nSPS) is 16.2. The number of rotatable bonds is 7. The zero-order chi connectivity index (χ0) is 24.2. The van der Waals surface area contributed by atoms with Crippen LogP contribution in [0.5, 0.6) is 5.75 Å². The average molecular weight is 484 g/mol. The summed E-state index contributed by atoms with van der Waals surface area (Å²) in [6.45, 7) is 2.94. The molecule has 2 amide bonds. The minimum Gasteiger partial charge on any atom is -0.483 e. The summed E-state index contributed by atoms with van der Waals surface area (Å²) in [5.41, 5.74) is 8.36. The van der Waals surface area contributed by atoms with Crippen molar-refractivity contribution in [2.75, 3.05) is 39.1 Å². The van der Waals surface area contributed by atoms with Gasteiger partial charge in [-0.1, -0.05) is 17.7 Å². The highest BCUT2D eigenvalue weighted by Gasteiger charge is 2.37. The molecule has 1 aromatic heterocycles. The number of halogens is 1. The number of aryl methyl sites for hydroxylation is 1. The Kier molecular flexibility index (Phi) is 7.14. The van der Waals surface area contributed by atoms with Crippen LogP contribution in [0.2, 0.25) is 5.02 Å². The number of nitrogens with two attached hydrogens (primary N) is 1. The number of ether oxygens (including phenoxy) is 2. The number of carbonyl (C=O) groups excluding carboxylic acids is 2. The average Bonchev–Trinajstić information content (AvgIpc) is 2.81. The molecule has 4 rings (SSSR count). The molecule has 9 nitrogen and oxygen atoms in total. The van der Waals surface area contributed by atoms with E-state index in [2.05, 4.69) is 9.97 Å². The van der Waals surface area contributed by atoms with E-state index in [9.17, 15) is 9.59 Å². The van der Waals surface area contributed by atoms with Crippen molar-refractivity contribution in [2.24, 2.45) is 0 Å². The molecule has 1 aliphatic heterocycles. The second kappa shape index (κ2) is 10.2. The van der Waals surface area contributed by atoms with Crippen molar-refractivity contribution in [1.82, 2.24) is 19.8 Å². The van der Waals surface area contributed by atoms with Crippen LogP contribution in [-0.2, 0) is 20.9 Å². The van der Waals surface area contributed by atoms with Crippen molar-refractivity contribution in [3.63, 3.8) is 0 Å². The van der Waals surface area contributed by atoms with Crippen molar-refractivity contribution in [1.29, 1.82) is 0 Å². The molecule has 1 atom stereocenters. The molecule has 1 fully saturated rings. The van der Waals surface area contributed by atoms with Crippen LogP contribution in [0.1, 0.15) is 11.1 Å². The molecule has 1 unspecified atom stereocenters. The minimum absolute atomic E-state index is 0.0997. The summed E-state index contributed by atoms with van der Waals surface area (Å²) in [4.78, 5) is 37.7. The van der Waals surface area contributed by atoms with Crippen molar-refractivity contribution >= 4 is 40.1 Å². The molecule has 3 aromatic rings. The van der Waals surface area contributed by atoms with Crippen LogP contribution in [0, 0.1) is 6.92 Å². The molecule has 2 aromatic carbocycles. The molecule has 0 aliphatic carbocycles. The van der Waals surface area contributed by atoms with E-state index in [4.69, 9.17) is 26.8 Å². The quantitative estimate of drug-likeness (QED) is 0.549. The number of hydrogen-bond donors (Lipinski definition) is 1. The third kappa shape index (κ3) is 5.05. The number of amides is 2. The fourth-order valence-corrected chi connectivity index (χ4v) is 4.28. The number of nitrogens with zero attached hydrogens (tertiary/aromatic N) is 4. The van der Waals surface area contributed by atoms with Crippen LogP contribution >= 0.6 is 11.6 Å². The Hall–Kier alpha value is -3.43. The Bertz CT molecular complexity index is 1220. The van der Waals surface area contributed by atoms with Gasteiger partial charge in [-0.3, -0.25) is 9.59 Å². The van der Waals surface area contributed by atoms with Crippen molar-refractivity contribution < 1.29 is 19.1 Å². The first-order valence-corrected chi connectivity index (χ1v) is 11.2. The maximum Gasteiger partial charge on any atom is 0.261 e. The molecule has 0 saturated carbocycles. The van der Waals surface area contributed by atoms with Gasteiger partial charge < -0.3 is 25.0 Å². The summed E-state index contributed by atoms with van der Waals surface area (Å²) in [5, 5.41) is 1.36. The third-order valence-corrected chi connectivity index (χ3v) is 6.06. The molecule has 1 saturated heterocycles. The summed E-state index contributed by atoms with van der Waals surface area (Å²) >= 11 is 5.98. The fraction of sp³-hybridized carbons (Fsp3) is 0.333. The van der Waals surface area contributed by atoms with Crippen molar-refractivity contribution in [3.05, 3.63) is 58.9 Å². The maximum absolute atomic E-state index is 13.3. The maximum atomic E-state index is 13.3. The van der Waals surface area contributed by atoms with Crippen LogP contribution in [0.3, 0.4) is 0 Å². The van der Waals surface area contributed by atoms with Gasteiger partial charge in [0.2, 0.25) is 5.91 Å². The number of anilines is 1. The summed E-state index contributed by atoms with van der Waals surface area (Å²) < 4.78 is 11.0. The Morgan fingerprint density at radius 3 is 2.79 bits per heavy atom. The number of benzene rings is 2. The molecule has 178 valence electrons. The monoisotopic (exact) mass is 483 g/mol. The SMILES string of the molecule is COCC1C(=O)N(Cc2ccc3c(N)ncnc3c2)CCN1C(=O)COc1ccc(Cl)cc1C. The van der Waals surface area contributed by atoms with Crippen molar-refractivity contribution in [2.45, 2.75) is 19.5 Å². The van der Waals surface area contributed by atoms with Gasteiger partial charge in [-0.2, -0.15) is 0 Å². The van der Waals surface area contributed by atoms with Gasteiger partial charge >= 0.3 is 0 Å². The molecule has 34 heavy (non-hydrogen) atoms. The molecule has 0 spiro atoms. The highest BCUT2D eigenvalue weighted by atomic mass is 35.5. The summed E-state index contributed by atoms with van der Waals surface area (Å²) in [6.07, 6.45) is 1.42. The molecule has 10 heteroatoms. The van der Waals surface area contributed by atoms with Crippen LogP contribution < -0.4 is 10.5 Å².